The fraction of sp³-hybridized carbons (Fsp3) is 0.294. The molecule has 3 heterocycles. The monoisotopic (exact) mass is 383 g/mol. The van der Waals surface area contributed by atoms with E-state index in [9.17, 15) is 9.59 Å². The number of carbonyl (C=O) groups is 2. The Hall–Kier alpha value is -3.14. The second-order valence-electron chi connectivity index (χ2n) is 6.19. The Bertz CT molecular complexity index is 927. The van der Waals surface area contributed by atoms with Crippen molar-refractivity contribution >= 4 is 28.3 Å². The molecule has 3 aromatic rings. The Balaban J connectivity index is 1.50. The maximum absolute atomic E-state index is 13.1. The van der Waals surface area contributed by atoms with Crippen LogP contribution in [0.25, 0.3) is 5.69 Å². The number of para-hydroxylation sites is 1. The fourth-order valence-electron chi connectivity index (χ4n) is 3.16. The van der Waals surface area contributed by atoms with Crippen molar-refractivity contribution in [3.63, 3.8) is 0 Å². The summed E-state index contributed by atoms with van der Waals surface area (Å²) in [5, 5.41) is 16.3. The van der Waals surface area contributed by atoms with Crippen LogP contribution in [0.2, 0.25) is 0 Å². The molecule has 1 aliphatic rings. The van der Waals surface area contributed by atoms with Gasteiger partial charge in [0.1, 0.15) is 6.33 Å². The van der Waals surface area contributed by atoms with E-state index in [1.807, 2.05) is 11.4 Å². The summed E-state index contributed by atoms with van der Waals surface area (Å²) in [5.74, 6) is -0.490. The standard InChI is InChI=1S/C17H17N7O2S/c25-15(20-17-18-7-9-27-17)12-4-3-8-23(10-12)16(26)13-5-1-2-6-14(13)24-11-19-21-22-24/h1-2,5-7,9,11-12H,3-4,8,10H2,(H,18,20,25). The number of piperidine rings is 1. The van der Waals surface area contributed by atoms with Gasteiger partial charge < -0.3 is 10.2 Å². The zero-order valence-corrected chi connectivity index (χ0v) is 15.2. The molecule has 2 aromatic heterocycles. The SMILES string of the molecule is O=C(Nc1nccs1)C1CCCN(C(=O)c2ccccc2-n2cnnn2)C1. The van der Waals surface area contributed by atoms with Crippen molar-refractivity contribution in [2.24, 2.45) is 5.92 Å². The van der Waals surface area contributed by atoms with Crippen molar-refractivity contribution in [1.29, 1.82) is 0 Å². The molecular formula is C17H17N7O2S. The molecule has 0 bridgehead atoms. The minimum atomic E-state index is -0.258. The highest BCUT2D eigenvalue weighted by atomic mass is 32.1. The summed E-state index contributed by atoms with van der Waals surface area (Å²) < 4.78 is 1.46. The zero-order valence-electron chi connectivity index (χ0n) is 14.4. The maximum Gasteiger partial charge on any atom is 0.256 e. The second kappa shape index (κ2) is 7.62. The van der Waals surface area contributed by atoms with Gasteiger partial charge in [0.15, 0.2) is 5.13 Å². The van der Waals surface area contributed by atoms with Crippen molar-refractivity contribution in [3.05, 3.63) is 47.7 Å². The average Bonchev–Trinajstić information content (AvgIpc) is 3.42. The molecule has 0 radical (unpaired) electrons. The van der Waals surface area contributed by atoms with Gasteiger partial charge in [-0.3, -0.25) is 9.59 Å². The predicted octanol–water partition coefficient (Wildman–Crippen LogP) is 1.61. The van der Waals surface area contributed by atoms with Crippen molar-refractivity contribution in [2.45, 2.75) is 12.8 Å². The van der Waals surface area contributed by atoms with Gasteiger partial charge in [0.2, 0.25) is 5.91 Å². The molecule has 1 aromatic carbocycles. The summed E-state index contributed by atoms with van der Waals surface area (Å²) in [7, 11) is 0. The fourth-order valence-corrected chi connectivity index (χ4v) is 3.70. The van der Waals surface area contributed by atoms with Gasteiger partial charge in [0.25, 0.3) is 5.91 Å². The summed E-state index contributed by atoms with van der Waals surface area (Å²) in [4.78, 5) is 31.4. The Kier molecular flexibility index (Phi) is 4.88. The lowest BCUT2D eigenvalue weighted by molar-refractivity contribution is -0.121. The lowest BCUT2D eigenvalue weighted by Crippen LogP contribution is -2.44. The van der Waals surface area contributed by atoms with Crippen LogP contribution in [-0.4, -0.2) is 55.0 Å². The van der Waals surface area contributed by atoms with Crippen molar-refractivity contribution in [2.75, 3.05) is 18.4 Å². The molecule has 1 fully saturated rings. The molecular weight excluding hydrogens is 366 g/mol. The first-order valence-electron chi connectivity index (χ1n) is 8.54. The quantitative estimate of drug-likeness (QED) is 0.734. The molecule has 0 saturated carbocycles. The van der Waals surface area contributed by atoms with E-state index in [0.717, 1.165) is 12.8 Å². The number of carbonyl (C=O) groups excluding carboxylic acids is 2. The number of nitrogens with zero attached hydrogens (tertiary/aromatic N) is 6. The number of anilines is 1. The van der Waals surface area contributed by atoms with Gasteiger partial charge in [-0.25, -0.2) is 4.98 Å². The van der Waals surface area contributed by atoms with Crippen molar-refractivity contribution < 1.29 is 9.59 Å². The van der Waals surface area contributed by atoms with Crippen LogP contribution in [0.5, 0.6) is 0 Å². The van der Waals surface area contributed by atoms with E-state index in [0.29, 0.717) is 29.5 Å². The molecule has 4 rings (SSSR count). The van der Waals surface area contributed by atoms with E-state index in [1.165, 1.54) is 22.3 Å². The van der Waals surface area contributed by atoms with Gasteiger partial charge >= 0.3 is 0 Å². The van der Waals surface area contributed by atoms with E-state index in [2.05, 4.69) is 25.8 Å². The van der Waals surface area contributed by atoms with Crippen LogP contribution in [0.15, 0.2) is 42.2 Å². The van der Waals surface area contributed by atoms with E-state index in [1.54, 1.807) is 29.3 Å². The lowest BCUT2D eigenvalue weighted by Gasteiger charge is -2.32. The first-order chi connectivity index (χ1) is 13.2. The number of likely N-dealkylation sites (tertiary alicyclic amines) is 1. The first kappa shape index (κ1) is 17.3. The number of aromatic nitrogens is 5. The Morgan fingerprint density at radius 3 is 2.93 bits per heavy atom. The largest absolute Gasteiger partial charge is 0.338 e. The first-order valence-corrected chi connectivity index (χ1v) is 9.42. The molecule has 0 aliphatic carbocycles. The Morgan fingerprint density at radius 1 is 1.26 bits per heavy atom. The number of nitrogens with one attached hydrogen (secondary N) is 1. The van der Waals surface area contributed by atoms with Crippen molar-refractivity contribution in [1.82, 2.24) is 30.1 Å². The van der Waals surface area contributed by atoms with Crippen LogP contribution >= 0.6 is 11.3 Å². The third-order valence-electron chi connectivity index (χ3n) is 4.47. The lowest BCUT2D eigenvalue weighted by atomic mass is 9.96. The molecule has 1 atom stereocenters. The average molecular weight is 383 g/mol. The second-order valence-corrected chi connectivity index (χ2v) is 7.08. The number of rotatable bonds is 4. The van der Waals surface area contributed by atoms with Gasteiger partial charge in [-0.1, -0.05) is 12.1 Å². The minimum Gasteiger partial charge on any atom is -0.338 e. The highest BCUT2D eigenvalue weighted by Crippen LogP contribution is 2.23. The Morgan fingerprint density at radius 2 is 2.15 bits per heavy atom. The van der Waals surface area contributed by atoms with Crippen LogP contribution in [-0.2, 0) is 4.79 Å². The molecule has 2 amide bonds. The van der Waals surface area contributed by atoms with Crippen LogP contribution in [0.3, 0.4) is 0 Å². The van der Waals surface area contributed by atoms with Crippen LogP contribution in [0.1, 0.15) is 23.2 Å². The highest BCUT2D eigenvalue weighted by Gasteiger charge is 2.30. The van der Waals surface area contributed by atoms with Gasteiger partial charge in [-0.2, -0.15) is 4.68 Å². The summed E-state index contributed by atoms with van der Waals surface area (Å²) in [6, 6.07) is 7.17. The van der Waals surface area contributed by atoms with Crippen LogP contribution in [0.4, 0.5) is 5.13 Å². The van der Waals surface area contributed by atoms with Crippen LogP contribution in [0, 0.1) is 5.92 Å². The molecule has 10 heteroatoms. The molecule has 0 spiro atoms. The minimum absolute atomic E-state index is 0.101. The third kappa shape index (κ3) is 3.70. The maximum atomic E-state index is 13.1. The zero-order chi connectivity index (χ0) is 18.6. The molecule has 9 nitrogen and oxygen atoms in total. The van der Waals surface area contributed by atoms with E-state index in [-0.39, 0.29) is 17.7 Å². The smallest absolute Gasteiger partial charge is 0.256 e. The van der Waals surface area contributed by atoms with Gasteiger partial charge in [0.05, 0.1) is 17.2 Å². The summed E-state index contributed by atoms with van der Waals surface area (Å²) in [6.45, 7) is 0.990. The third-order valence-corrected chi connectivity index (χ3v) is 5.16. The normalized spacial score (nSPS) is 16.9. The molecule has 138 valence electrons. The molecule has 1 unspecified atom stereocenters. The number of amides is 2. The topological polar surface area (TPSA) is 106 Å². The molecule has 27 heavy (non-hydrogen) atoms. The van der Waals surface area contributed by atoms with E-state index < -0.39 is 0 Å². The number of hydrogen-bond acceptors (Lipinski definition) is 7. The molecule has 1 saturated heterocycles. The molecule has 1 N–H and O–H groups in total. The summed E-state index contributed by atoms with van der Waals surface area (Å²) >= 11 is 1.37. The number of tetrazole rings is 1. The number of thiazole rings is 1. The highest BCUT2D eigenvalue weighted by molar-refractivity contribution is 7.13. The van der Waals surface area contributed by atoms with E-state index in [4.69, 9.17) is 0 Å². The van der Waals surface area contributed by atoms with Crippen LogP contribution < -0.4 is 5.32 Å². The van der Waals surface area contributed by atoms with Gasteiger partial charge in [-0.05, 0) is 35.4 Å². The summed E-state index contributed by atoms with van der Waals surface area (Å²) in [5.41, 5.74) is 1.12. The summed E-state index contributed by atoms with van der Waals surface area (Å²) in [6.07, 6.45) is 4.61. The van der Waals surface area contributed by atoms with Crippen molar-refractivity contribution in [3.8, 4) is 5.69 Å². The van der Waals surface area contributed by atoms with Gasteiger partial charge in [0, 0.05) is 24.7 Å². The predicted molar refractivity (Wildman–Crippen MR) is 98.5 cm³/mol. The Labute approximate surface area is 159 Å². The number of benzene rings is 1. The van der Waals surface area contributed by atoms with Gasteiger partial charge in [-0.15, -0.1) is 16.4 Å². The van der Waals surface area contributed by atoms with E-state index >= 15 is 0 Å². The molecule has 1 aliphatic heterocycles. The number of hydrogen-bond donors (Lipinski definition) is 1.